The lowest BCUT2D eigenvalue weighted by Crippen LogP contribution is -2.31. The summed E-state index contributed by atoms with van der Waals surface area (Å²) in [6.45, 7) is 4.70. The standard InChI is InChI=1S/C21H16BrN/c1-21(2)18-13(9-12-5-3-4-6-14(12)18)10-16-19(21)17-11-23-8-7-15(17)20(16)22/h3-11,23H,1-2H3. The van der Waals surface area contributed by atoms with Crippen molar-refractivity contribution in [1.29, 1.82) is 0 Å². The summed E-state index contributed by atoms with van der Waals surface area (Å²) in [4.78, 5) is 3.26. The third kappa shape index (κ3) is 1.57. The van der Waals surface area contributed by atoms with Gasteiger partial charge < -0.3 is 4.98 Å². The molecule has 2 heteroatoms. The molecule has 0 saturated heterocycles. The Labute approximate surface area is 143 Å². The molecule has 0 spiro atoms. The van der Waals surface area contributed by atoms with E-state index in [1.807, 2.05) is 6.20 Å². The van der Waals surface area contributed by atoms with Crippen LogP contribution in [0.5, 0.6) is 0 Å². The highest BCUT2D eigenvalue weighted by Gasteiger charge is 2.39. The van der Waals surface area contributed by atoms with Crippen LogP contribution in [0, 0.1) is 0 Å². The van der Waals surface area contributed by atoms with Gasteiger partial charge in [-0.2, -0.15) is 0 Å². The highest BCUT2D eigenvalue weighted by atomic mass is 79.9. The summed E-state index contributed by atoms with van der Waals surface area (Å²) in [7, 11) is 0. The number of halogens is 1. The fourth-order valence-corrected chi connectivity index (χ4v) is 5.03. The lowest BCUT2D eigenvalue weighted by atomic mass is 9.70. The maximum Gasteiger partial charge on any atom is 0.0330 e. The molecule has 1 aliphatic heterocycles. The topological polar surface area (TPSA) is 15.8 Å². The van der Waals surface area contributed by atoms with Crippen molar-refractivity contribution >= 4 is 33.7 Å². The molecule has 0 atom stereocenters. The van der Waals surface area contributed by atoms with E-state index in [1.165, 1.54) is 48.3 Å². The highest BCUT2D eigenvalue weighted by molar-refractivity contribution is 9.10. The molecule has 1 heterocycles. The van der Waals surface area contributed by atoms with E-state index >= 15 is 0 Å². The van der Waals surface area contributed by atoms with Gasteiger partial charge in [-0.3, -0.25) is 0 Å². The zero-order valence-electron chi connectivity index (χ0n) is 13.1. The first kappa shape index (κ1) is 13.4. The van der Waals surface area contributed by atoms with Crippen molar-refractivity contribution in [3.8, 4) is 11.1 Å². The maximum absolute atomic E-state index is 3.84. The molecule has 1 aromatic rings. The number of aromatic amines is 1. The largest absolute Gasteiger partial charge is 0.367 e. The molecule has 1 N–H and O–H groups in total. The summed E-state index contributed by atoms with van der Waals surface area (Å²) in [5.74, 6) is 0. The number of H-pyrrole nitrogens is 1. The van der Waals surface area contributed by atoms with Crippen molar-refractivity contribution in [2.75, 3.05) is 0 Å². The molecule has 112 valence electrons. The molecule has 1 nitrogen and oxygen atoms in total. The molecule has 4 aliphatic rings. The summed E-state index contributed by atoms with van der Waals surface area (Å²) in [6.07, 6.45) is 8.80. The molecule has 0 bridgehead atoms. The van der Waals surface area contributed by atoms with E-state index in [4.69, 9.17) is 0 Å². The van der Waals surface area contributed by atoms with Gasteiger partial charge in [0, 0.05) is 27.8 Å². The minimum atomic E-state index is -0.0258. The van der Waals surface area contributed by atoms with Crippen LogP contribution in [0.25, 0.3) is 28.9 Å². The summed E-state index contributed by atoms with van der Waals surface area (Å²) < 4.78 is 1.21. The molecule has 3 aliphatic carbocycles. The average Bonchev–Trinajstić information content (AvgIpc) is 3.05. The molecule has 0 saturated carbocycles. The predicted molar refractivity (Wildman–Crippen MR) is 99.7 cm³/mol. The minimum Gasteiger partial charge on any atom is -0.367 e. The number of hydrogen-bond donors (Lipinski definition) is 1. The van der Waals surface area contributed by atoms with Crippen molar-refractivity contribution in [3.05, 3.63) is 74.3 Å². The number of benzene rings is 1. The number of nitrogens with one attached hydrogen (secondary N) is 1. The second-order valence-corrected chi connectivity index (χ2v) is 7.70. The summed E-state index contributed by atoms with van der Waals surface area (Å²) in [5.41, 5.74) is 8.11. The van der Waals surface area contributed by atoms with Crippen LogP contribution in [0.2, 0.25) is 0 Å². The maximum atomic E-state index is 3.84. The Bertz CT molecular complexity index is 1100. The number of aromatic nitrogens is 1. The Hall–Kier alpha value is -2.06. The van der Waals surface area contributed by atoms with Crippen LogP contribution in [0.3, 0.4) is 0 Å². The fraction of sp³-hybridized carbons (Fsp3) is 0.143. The van der Waals surface area contributed by atoms with Gasteiger partial charge in [0.1, 0.15) is 0 Å². The molecule has 0 fully saturated rings. The van der Waals surface area contributed by atoms with Crippen LogP contribution in [0.4, 0.5) is 0 Å². The van der Waals surface area contributed by atoms with Crippen LogP contribution in [0.1, 0.15) is 25.0 Å². The molecule has 0 unspecified atom stereocenters. The van der Waals surface area contributed by atoms with Gasteiger partial charge in [-0.25, -0.2) is 0 Å². The van der Waals surface area contributed by atoms with Crippen LogP contribution < -0.4 is 10.4 Å². The number of allylic oxidation sites excluding steroid dienone is 1. The van der Waals surface area contributed by atoms with Crippen molar-refractivity contribution in [3.63, 3.8) is 0 Å². The Balaban J connectivity index is 1.98. The number of fused-ring (bicyclic) bond motifs is 5. The van der Waals surface area contributed by atoms with Crippen molar-refractivity contribution < 1.29 is 0 Å². The Kier molecular flexibility index (Phi) is 2.48. The highest BCUT2D eigenvalue weighted by Crippen LogP contribution is 2.53. The monoisotopic (exact) mass is 361 g/mol. The lowest BCUT2D eigenvalue weighted by Gasteiger charge is -2.33. The van der Waals surface area contributed by atoms with Gasteiger partial charge >= 0.3 is 0 Å². The molecule has 0 radical (unpaired) electrons. The molecule has 0 amide bonds. The normalized spacial score (nSPS) is 17.3. The van der Waals surface area contributed by atoms with Crippen molar-refractivity contribution in [1.82, 2.24) is 4.98 Å². The Morgan fingerprint density at radius 1 is 1.00 bits per heavy atom. The van der Waals surface area contributed by atoms with Gasteiger partial charge in [-0.15, -0.1) is 0 Å². The Morgan fingerprint density at radius 2 is 1.83 bits per heavy atom. The SMILES string of the molecule is CC1(C)C2=c3ccccc3=CC2=Cc2c(Br)c3cc[nH]cc-3c21. The zero-order chi connectivity index (χ0) is 15.8. The van der Waals surface area contributed by atoms with Crippen LogP contribution in [-0.2, 0) is 5.41 Å². The fourth-order valence-electron chi connectivity index (χ4n) is 4.38. The number of rotatable bonds is 0. The summed E-state index contributed by atoms with van der Waals surface area (Å²) in [5, 5.41) is 2.71. The zero-order valence-corrected chi connectivity index (χ0v) is 14.7. The third-order valence-corrected chi connectivity index (χ3v) is 6.11. The van der Waals surface area contributed by atoms with Crippen molar-refractivity contribution in [2.24, 2.45) is 0 Å². The second kappa shape index (κ2) is 4.27. The summed E-state index contributed by atoms with van der Waals surface area (Å²) >= 11 is 3.84. The quantitative estimate of drug-likeness (QED) is 0.617. The van der Waals surface area contributed by atoms with E-state index in [0.717, 1.165) is 0 Å². The molecular formula is C21H16BrN. The molecule has 5 rings (SSSR count). The van der Waals surface area contributed by atoms with E-state index < -0.39 is 0 Å². The van der Waals surface area contributed by atoms with Crippen molar-refractivity contribution in [2.45, 2.75) is 19.3 Å². The minimum absolute atomic E-state index is 0.0258. The average molecular weight is 362 g/mol. The number of pyridine rings is 1. The van der Waals surface area contributed by atoms with Gasteiger partial charge in [0.15, 0.2) is 0 Å². The first-order valence-corrected chi connectivity index (χ1v) is 8.70. The third-order valence-electron chi connectivity index (χ3n) is 5.26. The second-order valence-electron chi connectivity index (χ2n) is 6.91. The van der Waals surface area contributed by atoms with E-state index in [-0.39, 0.29) is 5.41 Å². The van der Waals surface area contributed by atoms with Gasteiger partial charge in [0.05, 0.1) is 0 Å². The van der Waals surface area contributed by atoms with E-state index in [2.05, 4.69) is 83.4 Å². The van der Waals surface area contributed by atoms with Crippen LogP contribution >= 0.6 is 15.9 Å². The first-order chi connectivity index (χ1) is 11.1. The van der Waals surface area contributed by atoms with E-state index in [9.17, 15) is 0 Å². The van der Waals surface area contributed by atoms with Gasteiger partial charge in [0.25, 0.3) is 0 Å². The van der Waals surface area contributed by atoms with Crippen LogP contribution in [0.15, 0.2) is 52.8 Å². The smallest absolute Gasteiger partial charge is 0.0330 e. The van der Waals surface area contributed by atoms with Gasteiger partial charge in [-0.05, 0) is 72.4 Å². The molecule has 1 aromatic carbocycles. The lowest BCUT2D eigenvalue weighted by molar-refractivity contribution is 0.689. The molecular weight excluding hydrogens is 346 g/mol. The van der Waals surface area contributed by atoms with E-state index in [1.54, 1.807) is 0 Å². The first-order valence-electron chi connectivity index (χ1n) is 7.91. The predicted octanol–water partition coefficient (Wildman–Crippen LogP) is 4.20. The number of hydrogen-bond acceptors (Lipinski definition) is 0. The summed E-state index contributed by atoms with van der Waals surface area (Å²) in [6, 6.07) is 10.9. The molecule has 0 aromatic heterocycles. The van der Waals surface area contributed by atoms with Gasteiger partial charge in [0.2, 0.25) is 0 Å². The van der Waals surface area contributed by atoms with Crippen LogP contribution in [-0.4, -0.2) is 4.98 Å². The Morgan fingerprint density at radius 3 is 2.70 bits per heavy atom. The molecule has 23 heavy (non-hydrogen) atoms. The van der Waals surface area contributed by atoms with E-state index in [0.29, 0.717) is 0 Å². The van der Waals surface area contributed by atoms with Gasteiger partial charge in [-0.1, -0.05) is 38.1 Å².